The molecule has 1 aliphatic heterocycles. The molecule has 1 aromatic heterocycles. The van der Waals surface area contributed by atoms with Gasteiger partial charge in [-0.15, -0.1) is 17.9 Å². The zero-order chi connectivity index (χ0) is 22.5. The van der Waals surface area contributed by atoms with Crippen molar-refractivity contribution >= 4 is 34.9 Å². The summed E-state index contributed by atoms with van der Waals surface area (Å²) in [7, 11) is 0. The molecule has 0 spiro atoms. The van der Waals surface area contributed by atoms with Crippen LogP contribution in [0.15, 0.2) is 48.4 Å². The fourth-order valence-corrected chi connectivity index (χ4v) is 5.76. The van der Waals surface area contributed by atoms with E-state index >= 15 is 0 Å². The maximum atomic E-state index is 13.5. The summed E-state index contributed by atoms with van der Waals surface area (Å²) < 4.78 is 0. The minimum atomic E-state index is -0.179. The average molecular weight is 472 g/mol. The molecule has 1 N–H and O–H groups in total. The van der Waals surface area contributed by atoms with Gasteiger partial charge < -0.3 is 15.1 Å². The predicted octanol–water partition coefficient (Wildman–Crippen LogP) is 5.41. The Balaban J connectivity index is 1.52. The van der Waals surface area contributed by atoms with Crippen molar-refractivity contribution in [1.82, 2.24) is 15.1 Å². The molecular formula is C25H30ClN3O2S. The van der Waals surface area contributed by atoms with Crippen LogP contribution >= 0.6 is 22.9 Å². The number of amides is 3. The largest absolute Gasteiger partial charge is 0.335 e. The zero-order valence-electron chi connectivity index (χ0n) is 18.3. The van der Waals surface area contributed by atoms with Gasteiger partial charge in [0.15, 0.2) is 0 Å². The fourth-order valence-electron chi connectivity index (χ4n) is 4.73. The van der Waals surface area contributed by atoms with Crippen molar-refractivity contribution in [3.63, 3.8) is 0 Å². The monoisotopic (exact) mass is 471 g/mol. The number of carbonyl (C=O) groups is 2. The number of thiophene rings is 1. The van der Waals surface area contributed by atoms with Crippen molar-refractivity contribution in [2.75, 3.05) is 19.6 Å². The first-order chi connectivity index (χ1) is 15.6. The normalized spacial score (nSPS) is 18.7. The van der Waals surface area contributed by atoms with E-state index in [1.165, 1.54) is 16.9 Å². The quantitative estimate of drug-likeness (QED) is 0.573. The average Bonchev–Trinajstić information content (AvgIpc) is 3.28. The van der Waals surface area contributed by atoms with Crippen LogP contribution in [0.5, 0.6) is 0 Å². The molecule has 3 amide bonds. The van der Waals surface area contributed by atoms with Gasteiger partial charge >= 0.3 is 6.03 Å². The smallest absolute Gasteiger partial charge is 0.318 e. The van der Waals surface area contributed by atoms with Crippen molar-refractivity contribution in [2.24, 2.45) is 0 Å². The number of hydrogen-bond acceptors (Lipinski definition) is 3. The number of benzene rings is 1. The van der Waals surface area contributed by atoms with Crippen LogP contribution in [0.25, 0.3) is 0 Å². The third-order valence-corrected chi connectivity index (χ3v) is 7.62. The van der Waals surface area contributed by atoms with Crippen LogP contribution < -0.4 is 5.32 Å². The van der Waals surface area contributed by atoms with Gasteiger partial charge in [0, 0.05) is 29.0 Å². The molecule has 170 valence electrons. The summed E-state index contributed by atoms with van der Waals surface area (Å²) in [5.41, 5.74) is 2.20. The van der Waals surface area contributed by atoms with Gasteiger partial charge in [0.25, 0.3) is 0 Å². The van der Waals surface area contributed by atoms with E-state index in [4.69, 9.17) is 11.6 Å². The summed E-state index contributed by atoms with van der Waals surface area (Å²) in [4.78, 5) is 31.3. The van der Waals surface area contributed by atoms with Crippen LogP contribution in [0, 0.1) is 0 Å². The Hall–Kier alpha value is -2.31. The first-order valence-electron chi connectivity index (χ1n) is 11.3. The Kier molecular flexibility index (Phi) is 7.53. The molecule has 1 aromatic carbocycles. The maximum Gasteiger partial charge on any atom is 0.318 e. The number of hydrogen-bond donors (Lipinski definition) is 1. The molecule has 1 saturated carbocycles. The minimum absolute atomic E-state index is 0.0358. The third-order valence-electron chi connectivity index (χ3n) is 6.37. The van der Waals surface area contributed by atoms with Crippen LogP contribution in [0.2, 0.25) is 5.02 Å². The third kappa shape index (κ3) is 5.18. The Morgan fingerprint density at radius 1 is 1.19 bits per heavy atom. The van der Waals surface area contributed by atoms with Crippen molar-refractivity contribution in [3.05, 3.63) is 69.4 Å². The first kappa shape index (κ1) is 22.9. The van der Waals surface area contributed by atoms with E-state index in [0.29, 0.717) is 18.1 Å². The Morgan fingerprint density at radius 2 is 1.94 bits per heavy atom. The highest BCUT2D eigenvalue weighted by Gasteiger charge is 2.34. The van der Waals surface area contributed by atoms with Gasteiger partial charge in [0.1, 0.15) is 6.54 Å². The van der Waals surface area contributed by atoms with Crippen LogP contribution in [-0.2, 0) is 11.2 Å². The highest BCUT2D eigenvalue weighted by Crippen LogP contribution is 2.38. The fraction of sp³-hybridized carbons (Fsp3) is 0.440. The summed E-state index contributed by atoms with van der Waals surface area (Å²) in [6.45, 7) is 4.79. The number of carbonyl (C=O) groups excluding carboxylic acids is 2. The first-order valence-corrected chi connectivity index (χ1v) is 12.6. The number of urea groups is 1. The van der Waals surface area contributed by atoms with Gasteiger partial charge in [-0.2, -0.15) is 0 Å². The SMILES string of the molecule is C=CCN(CC(=O)N1CCc2sccc2C1c1ccc(Cl)cc1)C(=O)NC1CCCCC1. The van der Waals surface area contributed by atoms with Crippen molar-refractivity contribution in [3.8, 4) is 0 Å². The van der Waals surface area contributed by atoms with Gasteiger partial charge in [-0.25, -0.2) is 4.79 Å². The molecule has 32 heavy (non-hydrogen) atoms. The lowest BCUT2D eigenvalue weighted by molar-refractivity contribution is -0.133. The Bertz CT molecular complexity index is 952. The minimum Gasteiger partial charge on any atom is -0.335 e. The van der Waals surface area contributed by atoms with Crippen LogP contribution in [0.4, 0.5) is 4.79 Å². The summed E-state index contributed by atoms with van der Waals surface area (Å²) in [5, 5.41) is 5.89. The molecule has 7 heteroatoms. The molecule has 0 saturated heterocycles. The van der Waals surface area contributed by atoms with Gasteiger partial charge in [-0.3, -0.25) is 4.79 Å². The molecule has 0 bridgehead atoms. The molecular weight excluding hydrogens is 442 g/mol. The van der Waals surface area contributed by atoms with Crippen LogP contribution in [0.3, 0.4) is 0 Å². The summed E-state index contributed by atoms with van der Waals surface area (Å²) >= 11 is 7.84. The molecule has 1 fully saturated rings. The number of nitrogens with one attached hydrogen (secondary N) is 1. The molecule has 1 aliphatic carbocycles. The zero-order valence-corrected chi connectivity index (χ0v) is 19.8. The summed E-state index contributed by atoms with van der Waals surface area (Å²) in [6, 6.07) is 9.65. The number of rotatable bonds is 6. The van der Waals surface area contributed by atoms with Crippen molar-refractivity contribution in [2.45, 2.75) is 50.6 Å². The maximum absolute atomic E-state index is 13.5. The van der Waals surface area contributed by atoms with Crippen molar-refractivity contribution < 1.29 is 9.59 Å². The molecule has 5 nitrogen and oxygen atoms in total. The second kappa shape index (κ2) is 10.5. The number of halogens is 1. The van der Waals surface area contributed by atoms with Gasteiger partial charge in [-0.1, -0.05) is 49.1 Å². The van der Waals surface area contributed by atoms with E-state index in [9.17, 15) is 9.59 Å². The standard InChI is InChI=1S/C25H30ClN3O2S/c1-2-14-28(25(31)27-20-6-4-3-5-7-20)17-23(30)29-15-12-22-21(13-16-32-22)24(29)18-8-10-19(26)11-9-18/h2,8-11,13,16,20,24H,1,3-7,12,14-15,17H2,(H,27,31). The molecule has 2 heterocycles. The highest BCUT2D eigenvalue weighted by molar-refractivity contribution is 7.10. The highest BCUT2D eigenvalue weighted by atomic mass is 35.5. The van der Waals surface area contributed by atoms with Gasteiger partial charge in [-0.05, 0) is 54.0 Å². The molecule has 4 rings (SSSR count). The van der Waals surface area contributed by atoms with E-state index in [2.05, 4.69) is 23.3 Å². The van der Waals surface area contributed by atoms with Crippen molar-refractivity contribution in [1.29, 1.82) is 0 Å². The summed E-state index contributed by atoms with van der Waals surface area (Å²) in [6.07, 6.45) is 8.04. The topological polar surface area (TPSA) is 52.7 Å². The lowest BCUT2D eigenvalue weighted by Crippen LogP contribution is -2.51. The van der Waals surface area contributed by atoms with E-state index in [1.807, 2.05) is 29.2 Å². The lowest BCUT2D eigenvalue weighted by Gasteiger charge is -2.37. The van der Waals surface area contributed by atoms with E-state index in [0.717, 1.165) is 37.7 Å². The number of fused-ring (bicyclic) bond motifs is 1. The predicted molar refractivity (Wildman–Crippen MR) is 130 cm³/mol. The second-order valence-electron chi connectivity index (χ2n) is 8.54. The van der Waals surface area contributed by atoms with E-state index in [-0.39, 0.29) is 30.6 Å². The molecule has 1 unspecified atom stereocenters. The van der Waals surface area contributed by atoms with E-state index in [1.54, 1.807) is 22.3 Å². The molecule has 2 aliphatic rings. The molecule has 0 radical (unpaired) electrons. The Labute approximate surface area is 199 Å². The van der Waals surface area contributed by atoms with Crippen LogP contribution in [0.1, 0.15) is 54.1 Å². The Morgan fingerprint density at radius 3 is 2.66 bits per heavy atom. The second-order valence-corrected chi connectivity index (χ2v) is 9.98. The molecule has 2 aromatic rings. The van der Waals surface area contributed by atoms with Gasteiger partial charge in [0.05, 0.1) is 6.04 Å². The van der Waals surface area contributed by atoms with E-state index < -0.39 is 0 Å². The molecule has 1 atom stereocenters. The van der Waals surface area contributed by atoms with Crippen LogP contribution in [-0.4, -0.2) is 47.4 Å². The van der Waals surface area contributed by atoms with Gasteiger partial charge in [0.2, 0.25) is 5.91 Å². The summed E-state index contributed by atoms with van der Waals surface area (Å²) in [5.74, 6) is -0.0533. The number of nitrogens with zero attached hydrogens (tertiary/aromatic N) is 2. The lowest BCUT2D eigenvalue weighted by atomic mass is 9.93.